The normalized spacial score (nSPS) is 41.9. The summed E-state index contributed by atoms with van der Waals surface area (Å²) in [5.41, 5.74) is 0. The van der Waals surface area contributed by atoms with E-state index in [1.54, 1.807) is 0 Å². The van der Waals surface area contributed by atoms with Gasteiger partial charge in [0.15, 0.2) is 0 Å². The lowest BCUT2D eigenvalue weighted by Crippen LogP contribution is -2.31. The number of ether oxygens (including phenoxy) is 1. The van der Waals surface area contributed by atoms with Gasteiger partial charge in [-0.3, -0.25) is 0 Å². The molecule has 3 atom stereocenters. The van der Waals surface area contributed by atoms with E-state index in [1.807, 2.05) is 0 Å². The first-order chi connectivity index (χ1) is 5.27. The molecule has 2 aliphatic heterocycles. The SMILES string of the molecule is CC(C)[C@@H]1CC[C@@H]2C=C[C@H]1O2. The molecule has 0 aromatic rings. The molecule has 0 amide bonds. The van der Waals surface area contributed by atoms with E-state index < -0.39 is 0 Å². The van der Waals surface area contributed by atoms with Crippen LogP contribution >= 0.6 is 0 Å². The maximum absolute atomic E-state index is 5.76. The van der Waals surface area contributed by atoms with Crippen LogP contribution in [0.2, 0.25) is 0 Å². The van der Waals surface area contributed by atoms with E-state index in [9.17, 15) is 0 Å². The fraction of sp³-hybridized carbons (Fsp3) is 0.800. The van der Waals surface area contributed by atoms with Gasteiger partial charge in [0.2, 0.25) is 0 Å². The standard InChI is InChI=1S/C10H16O/c1-7(2)9-5-3-8-4-6-10(9)11-8/h4,6-10H,3,5H2,1-2H3/t8-,9+,10-/m1/s1. The van der Waals surface area contributed by atoms with E-state index in [0.29, 0.717) is 12.2 Å². The lowest BCUT2D eigenvalue weighted by molar-refractivity contribution is -0.0318. The molecule has 11 heavy (non-hydrogen) atoms. The van der Waals surface area contributed by atoms with Gasteiger partial charge in [0.05, 0.1) is 12.2 Å². The zero-order valence-electron chi connectivity index (χ0n) is 7.29. The second-order valence-electron chi connectivity index (χ2n) is 4.01. The van der Waals surface area contributed by atoms with Crippen molar-refractivity contribution in [2.75, 3.05) is 0 Å². The van der Waals surface area contributed by atoms with Crippen molar-refractivity contribution in [2.24, 2.45) is 11.8 Å². The second-order valence-corrected chi connectivity index (χ2v) is 4.01. The average molecular weight is 152 g/mol. The molecule has 0 unspecified atom stereocenters. The molecule has 0 aliphatic carbocycles. The van der Waals surface area contributed by atoms with Crippen molar-refractivity contribution in [3.05, 3.63) is 12.2 Å². The van der Waals surface area contributed by atoms with Crippen molar-refractivity contribution < 1.29 is 4.74 Å². The summed E-state index contributed by atoms with van der Waals surface area (Å²) in [5.74, 6) is 1.54. The summed E-state index contributed by atoms with van der Waals surface area (Å²) in [7, 11) is 0. The fourth-order valence-electron chi connectivity index (χ4n) is 2.17. The van der Waals surface area contributed by atoms with Gasteiger partial charge in [-0.05, 0) is 24.7 Å². The minimum Gasteiger partial charge on any atom is -0.367 e. The zero-order valence-corrected chi connectivity index (χ0v) is 7.29. The molecule has 0 N–H and O–H groups in total. The van der Waals surface area contributed by atoms with Crippen LogP contribution in [0.1, 0.15) is 26.7 Å². The first-order valence-electron chi connectivity index (χ1n) is 4.61. The zero-order chi connectivity index (χ0) is 7.84. The summed E-state index contributed by atoms with van der Waals surface area (Å²) >= 11 is 0. The van der Waals surface area contributed by atoms with Gasteiger partial charge in [0, 0.05) is 0 Å². The Hall–Kier alpha value is -0.300. The smallest absolute Gasteiger partial charge is 0.0795 e. The second kappa shape index (κ2) is 2.63. The molecule has 2 aliphatic rings. The van der Waals surface area contributed by atoms with Gasteiger partial charge in [0.1, 0.15) is 0 Å². The van der Waals surface area contributed by atoms with Crippen molar-refractivity contribution in [1.29, 1.82) is 0 Å². The highest BCUT2D eigenvalue weighted by molar-refractivity contribution is 5.07. The molecule has 1 fully saturated rings. The van der Waals surface area contributed by atoms with E-state index in [1.165, 1.54) is 12.8 Å². The molecular formula is C10H16O. The average Bonchev–Trinajstić information content (AvgIpc) is 2.32. The van der Waals surface area contributed by atoms with Gasteiger partial charge in [-0.1, -0.05) is 26.0 Å². The number of hydrogen-bond donors (Lipinski definition) is 0. The Balaban J connectivity index is 2.07. The van der Waals surface area contributed by atoms with E-state index in [4.69, 9.17) is 4.74 Å². The topological polar surface area (TPSA) is 9.23 Å². The van der Waals surface area contributed by atoms with Crippen molar-refractivity contribution in [2.45, 2.75) is 38.9 Å². The van der Waals surface area contributed by atoms with E-state index in [2.05, 4.69) is 26.0 Å². The molecule has 2 bridgehead atoms. The maximum atomic E-state index is 5.76. The largest absolute Gasteiger partial charge is 0.367 e. The maximum Gasteiger partial charge on any atom is 0.0795 e. The predicted molar refractivity (Wildman–Crippen MR) is 45.4 cm³/mol. The third-order valence-corrected chi connectivity index (χ3v) is 2.91. The molecule has 1 heteroatoms. The summed E-state index contributed by atoms with van der Waals surface area (Å²) in [6.07, 6.45) is 7.95. The van der Waals surface area contributed by atoms with Crippen molar-refractivity contribution in [1.82, 2.24) is 0 Å². The van der Waals surface area contributed by atoms with Crippen LogP contribution < -0.4 is 0 Å². The Kier molecular flexibility index (Phi) is 1.76. The lowest BCUT2D eigenvalue weighted by Gasteiger charge is -2.32. The summed E-state index contributed by atoms with van der Waals surface area (Å²) in [6.45, 7) is 4.58. The molecule has 2 rings (SSSR count). The monoisotopic (exact) mass is 152 g/mol. The minimum atomic E-state index is 0.439. The van der Waals surface area contributed by atoms with Gasteiger partial charge in [0.25, 0.3) is 0 Å². The Labute approximate surface area is 68.4 Å². The van der Waals surface area contributed by atoms with Crippen LogP contribution in [-0.2, 0) is 4.74 Å². The van der Waals surface area contributed by atoms with E-state index in [-0.39, 0.29) is 0 Å². The highest BCUT2D eigenvalue weighted by Gasteiger charge is 2.33. The number of hydrogen-bond acceptors (Lipinski definition) is 1. The minimum absolute atomic E-state index is 0.439. The number of fused-ring (bicyclic) bond motifs is 2. The highest BCUT2D eigenvalue weighted by Crippen LogP contribution is 2.35. The summed E-state index contributed by atoms with van der Waals surface area (Å²) in [6, 6.07) is 0. The Morgan fingerprint density at radius 2 is 2.09 bits per heavy atom. The van der Waals surface area contributed by atoms with Gasteiger partial charge in [-0.15, -0.1) is 0 Å². The molecule has 0 aromatic carbocycles. The molecule has 1 saturated heterocycles. The molecule has 1 nitrogen and oxygen atoms in total. The summed E-state index contributed by atoms with van der Waals surface area (Å²) in [5, 5.41) is 0. The fourth-order valence-corrected chi connectivity index (χ4v) is 2.17. The third-order valence-electron chi connectivity index (χ3n) is 2.91. The first-order valence-corrected chi connectivity index (χ1v) is 4.61. The predicted octanol–water partition coefficient (Wildman–Crippen LogP) is 2.38. The number of rotatable bonds is 1. The van der Waals surface area contributed by atoms with Crippen LogP contribution in [-0.4, -0.2) is 12.2 Å². The molecule has 0 spiro atoms. The van der Waals surface area contributed by atoms with E-state index in [0.717, 1.165) is 11.8 Å². The highest BCUT2D eigenvalue weighted by atomic mass is 16.5. The molecule has 62 valence electrons. The lowest BCUT2D eigenvalue weighted by atomic mass is 9.85. The third kappa shape index (κ3) is 1.22. The summed E-state index contributed by atoms with van der Waals surface area (Å²) < 4.78 is 5.76. The molecular weight excluding hydrogens is 136 g/mol. The van der Waals surface area contributed by atoms with Gasteiger partial charge >= 0.3 is 0 Å². The Bertz CT molecular complexity index is 172. The quantitative estimate of drug-likeness (QED) is 0.524. The summed E-state index contributed by atoms with van der Waals surface area (Å²) in [4.78, 5) is 0. The van der Waals surface area contributed by atoms with Crippen LogP contribution in [0, 0.1) is 11.8 Å². The van der Waals surface area contributed by atoms with Crippen molar-refractivity contribution in [3.8, 4) is 0 Å². The van der Waals surface area contributed by atoms with E-state index >= 15 is 0 Å². The molecule has 2 heterocycles. The molecule has 0 aromatic heterocycles. The van der Waals surface area contributed by atoms with Crippen molar-refractivity contribution >= 4 is 0 Å². The van der Waals surface area contributed by atoms with Crippen LogP contribution in [0.3, 0.4) is 0 Å². The van der Waals surface area contributed by atoms with Crippen molar-refractivity contribution in [3.63, 3.8) is 0 Å². The Morgan fingerprint density at radius 1 is 1.27 bits per heavy atom. The van der Waals surface area contributed by atoms with Crippen LogP contribution in [0.4, 0.5) is 0 Å². The van der Waals surface area contributed by atoms with Crippen LogP contribution in [0.15, 0.2) is 12.2 Å². The van der Waals surface area contributed by atoms with Gasteiger partial charge in [-0.25, -0.2) is 0 Å². The van der Waals surface area contributed by atoms with Gasteiger partial charge in [-0.2, -0.15) is 0 Å². The Morgan fingerprint density at radius 3 is 2.82 bits per heavy atom. The molecule has 0 radical (unpaired) electrons. The molecule has 0 saturated carbocycles. The van der Waals surface area contributed by atoms with Crippen LogP contribution in [0.25, 0.3) is 0 Å². The van der Waals surface area contributed by atoms with Gasteiger partial charge < -0.3 is 4.74 Å². The van der Waals surface area contributed by atoms with Crippen LogP contribution in [0.5, 0.6) is 0 Å². The first kappa shape index (κ1) is 7.35.